The van der Waals surface area contributed by atoms with E-state index in [1.54, 1.807) is 7.11 Å². The second kappa shape index (κ2) is 6.67. The first kappa shape index (κ1) is 13.2. The first-order valence-electron chi connectivity index (χ1n) is 4.57. The lowest BCUT2D eigenvalue weighted by atomic mass is 10.4. The largest absolute Gasteiger partial charge is 0.385 e. The second-order valence-corrected chi connectivity index (χ2v) is 4.44. The number of aromatic nitrogens is 1. The molecule has 1 rings (SSSR count). The molecule has 0 aliphatic carbocycles. The van der Waals surface area contributed by atoms with Crippen LogP contribution >= 0.6 is 23.4 Å². The molecular weight excluding hydrogens is 252 g/mol. The van der Waals surface area contributed by atoms with Crippen LogP contribution in [-0.2, 0) is 4.74 Å². The zero-order valence-corrected chi connectivity index (χ0v) is 10.3. The topological polar surface area (TPSA) is 65.3 Å². The van der Waals surface area contributed by atoms with Crippen LogP contribution in [0.15, 0.2) is 17.2 Å². The third kappa shape index (κ3) is 4.34. The first-order valence-corrected chi connectivity index (χ1v) is 5.93. The molecule has 0 saturated carbocycles. The van der Waals surface area contributed by atoms with Crippen LogP contribution in [0, 0.1) is 10.1 Å². The van der Waals surface area contributed by atoms with Gasteiger partial charge in [0, 0.05) is 25.5 Å². The van der Waals surface area contributed by atoms with Crippen molar-refractivity contribution in [3.63, 3.8) is 0 Å². The van der Waals surface area contributed by atoms with Crippen molar-refractivity contribution in [1.29, 1.82) is 0 Å². The molecule has 0 saturated heterocycles. The molecule has 1 heterocycles. The highest BCUT2D eigenvalue weighted by molar-refractivity contribution is 7.99. The first-order chi connectivity index (χ1) is 7.63. The summed E-state index contributed by atoms with van der Waals surface area (Å²) in [5, 5.41) is 11.3. The van der Waals surface area contributed by atoms with Crippen LogP contribution in [0.1, 0.15) is 6.42 Å². The van der Waals surface area contributed by atoms with Crippen molar-refractivity contribution >= 4 is 29.1 Å². The van der Waals surface area contributed by atoms with E-state index in [4.69, 9.17) is 16.3 Å². The Morgan fingerprint density at radius 1 is 1.62 bits per heavy atom. The van der Waals surface area contributed by atoms with Gasteiger partial charge in [0.05, 0.1) is 11.0 Å². The number of thioether (sulfide) groups is 1. The molecule has 0 unspecified atom stereocenters. The van der Waals surface area contributed by atoms with Crippen LogP contribution in [0.2, 0.25) is 5.15 Å². The molecule has 0 atom stereocenters. The molecule has 1 aromatic rings. The average Bonchev–Trinajstić information content (AvgIpc) is 2.23. The predicted molar refractivity (Wildman–Crippen MR) is 63.1 cm³/mol. The average molecular weight is 263 g/mol. The predicted octanol–water partition coefficient (Wildman–Crippen LogP) is 2.77. The molecule has 5 nitrogen and oxygen atoms in total. The molecule has 7 heteroatoms. The molecular formula is C9H11ClN2O3S. The highest BCUT2D eigenvalue weighted by Crippen LogP contribution is 2.24. The van der Waals surface area contributed by atoms with Gasteiger partial charge >= 0.3 is 0 Å². The lowest BCUT2D eigenvalue weighted by Gasteiger charge is -2.01. The summed E-state index contributed by atoms with van der Waals surface area (Å²) in [6.07, 6.45) is 0.864. The normalized spacial score (nSPS) is 10.4. The fourth-order valence-corrected chi connectivity index (χ4v) is 2.11. The smallest absolute Gasteiger partial charge is 0.275 e. The number of rotatable bonds is 6. The van der Waals surface area contributed by atoms with Gasteiger partial charge in [0.2, 0.25) is 0 Å². The summed E-state index contributed by atoms with van der Waals surface area (Å²) in [5.74, 6) is 0.790. The van der Waals surface area contributed by atoms with Crippen LogP contribution in [0.4, 0.5) is 5.69 Å². The zero-order valence-electron chi connectivity index (χ0n) is 8.68. The van der Waals surface area contributed by atoms with Crippen LogP contribution in [0.25, 0.3) is 0 Å². The third-order valence-electron chi connectivity index (χ3n) is 1.71. The monoisotopic (exact) mass is 262 g/mol. The molecule has 0 aliphatic heterocycles. The molecule has 0 spiro atoms. The molecule has 1 aromatic heterocycles. The van der Waals surface area contributed by atoms with Gasteiger partial charge in [-0.3, -0.25) is 10.1 Å². The maximum atomic E-state index is 10.6. The second-order valence-electron chi connectivity index (χ2n) is 2.94. The fraction of sp³-hybridized carbons (Fsp3) is 0.444. The maximum Gasteiger partial charge on any atom is 0.275 e. The van der Waals surface area contributed by atoms with E-state index in [9.17, 15) is 10.1 Å². The van der Waals surface area contributed by atoms with Crippen molar-refractivity contribution in [2.45, 2.75) is 11.4 Å². The van der Waals surface area contributed by atoms with Crippen molar-refractivity contribution in [1.82, 2.24) is 4.98 Å². The number of methoxy groups -OCH3 is 1. The standard InChI is InChI=1S/C9H11ClN2O3S/c1-15-3-2-4-16-9-6-7(12(13)14)5-8(10)11-9/h5-6H,2-4H2,1H3. The lowest BCUT2D eigenvalue weighted by Crippen LogP contribution is -1.93. The van der Waals surface area contributed by atoms with Crippen LogP contribution in [0.5, 0.6) is 0 Å². The van der Waals surface area contributed by atoms with E-state index in [2.05, 4.69) is 4.98 Å². The van der Waals surface area contributed by atoms with Gasteiger partial charge in [-0.15, -0.1) is 11.8 Å². The van der Waals surface area contributed by atoms with Gasteiger partial charge in [0.25, 0.3) is 5.69 Å². The summed E-state index contributed by atoms with van der Waals surface area (Å²) in [6.45, 7) is 0.662. The number of hydrogen-bond acceptors (Lipinski definition) is 5. The van der Waals surface area contributed by atoms with Crippen molar-refractivity contribution in [2.75, 3.05) is 19.5 Å². The Labute approximate surface area is 102 Å². The molecule has 0 bridgehead atoms. The van der Waals surface area contributed by atoms with Gasteiger partial charge in [-0.1, -0.05) is 11.6 Å². The van der Waals surface area contributed by atoms with Gasteiger partial charge in [0.15, 0.2) is 0 Å². The van der Waals surface area contributed by atoms with E-state index in [0.29, 0.717) is 11.6 Å². The molecule has 0 fully saturated rings. The van der Waals surface area contributed by atoms with Crippen LogP contribution in [-0.4, -0.2) is 29.4 Å². The number of halogens is 1. The number of hydrogen-bond donors (Lipinski definition) is 0. The Balaban J connectivity index is 2.62. The summed E-state index contributed by atoms with van der Waals surface area (Å²) >= 11 is 7.11. The molecule has 0 aromatic carbocycles. The van der Waals surface area contributed by atoms with Crippen molar-refractivity contribution in [3.05, 3.63) is 27.4 Å². The minimum Gasteiger partial charge on any atom is -0.385 e. The molecule has 0 amide bonds. The summed E-state index contributed by atoms with van der Waals surface area (Å²) in [6, 6.07) is 2.66. The number of nitro groups is 1. The zero-order chi connectivity index (χ0) is 12.0. The van der Waals surface area contributed by atoms with E-state index in [0.717, 1.165) is 12.2 Å². The highest BCUT2D eigenvalue weighted by Gasteiger charge is 2.10. The molecule has 0 N–H and O–H groups in total. The Morgan fingerprint density at radius 3 is 3.00 bits per heavy atom. The molecule has 16 heavy (non-hydrogen) atoms. The van der Waals surface area contributed by atoms with E-state index in [1.807, 2.05) is 0 Å². The van der Waals surface area contributed by atoms with Gasteiger partial charge < -0.3 is 4.74 Å². The highest BCUT2D eigenvalue weighted by atomic mass is 35.5. The number of ether oxygens (including phenoxy) is 1. The van der Waals surface area contributed by atoms with Gasteiger partial charge in [-0.2, -0.15) is 0 Å². The van der Waals surface area contributed by atoms with Gasteiger partial charge in [-0.25, -0.2) is 4.98 Å². The van der Waals surface area contributed by atoms with Gasteiger partial charge in [0.1, 0.15) is 10.2 Å². The van der Waals surface area contributed by atoms with Gasteiger partial charge in [-0.05, 0) is 6.42 Å². The molecule has 0 aliphatic rings. The Bertz CT molecular complexity index is 376. The lowest BCUT2D eigenvalue weighted by molar-refractivity contribution is -0.385. The minimum absolute atomic E-state index is 0.0331. The van der Waals surface area contributed by atoms with Crippen molar-refractivity contribution < 1.29 is 9.66 Å². The quantitative estimate of drug-likeness (QED) is 0.259. The fourth-order valence-electron chi connectivity index (χ4n) is 1.02. The number of nitrogens with zero attached hydrogens (tertiary/aromatic N) is 2. The van der Waals surface area contributed by atoms with E-state index in [-0.39, 0.29) is 10.8 Å². The Kier molecular flexibility index (Phi) is 5.51. The van der Waals surface area contributed by atoms with Crippen LogP contribution < -0.4 is 0 Å². The SMILES string of the molecule is COCCCSc1cc([N+](=O)[O-])cc(Cl)n1. The van der Waals surface area contributed by atoms with Crippen LogP contribution in [0.3, 0.4) is 0 Å². The summed E-state index contributed by atoms with van der Waals surface area (Å²) < 4.78 is 4.90. The Morgan fingerprint density at radius 2 is 2.38 bits per heavy atom. The molecule has 88 valence electrons. The maximum absolute atomic E-state index is 10.6. The van der Waals surface area contributed by atoms with E-state index >= 15 is 0 Å². The number of pyridine rings is 1. The molecule has 0 radical (unpaired) electrons. The van der Waals surface area contributed by atoms with E-state index in [1.165, 1.54) is 23.9 Å². The summed E-state index contributed by atoms with van der Waals surface area (Å²) in [7, 11) is 1.63. The Hall–Kier alpha value is -0.850. The third-order valence-corrected chi connectivity index (χ3v) is 2.90. The van der Waals surface area contributed by atoms with E-state index < -0.39 is 4.92 Å². The van der Waals surface area contributed by atoms with Crippen molar-refractivity contribution in [3.8, 4) is 0 Å². The van der Waals surface area contributed by atoms with Crippen molar-refractivity contribution in [2.24, 2.45) is 0 Å². The summed E-state index contributed by atoms with van der Waals surface area (Å²) in [5.41, 5.74) is -0.0331. The summed E-state index contributed by atoms with van der Waals surface area (Å²) in [4.78, 5) is 14.1. The minimum atomic E-state index is -0.479.